The number of anilines is 1. The van der Waals surface area contributed by atoms with Gasteiger partial charge in [-0.05, 0) is 19.4 Å². The van der Waals surface area contributed by atoms with Crippen LogP contribution in [-0.2, 0) is 11.2 Å². The van der Waals surface area contributed by atoms with Crippen molar-refractivity contribution in [1.82, 2.24) is 9.88 Å². The molecule has 6 heteroatoms. The molecule has 0 atom stereocenters. The Bertz CT molecular complexity index is 441. The van der Waals surface area contributed by atoms with Crippen molar-refractivity contribution in [2.24, 2.45) is 0 Å². The van der Waals surface area contributed by atoms with Gasteiger partial charge in [-0.3, -0.25) is 4.79 Å². The van der Waals surface area contributed by atoms with Crippen molar-refractivity contribution in [3.05, 3.63) is 11.1 Å². The quantitative estimate of drug-likeness (QED) is 0.871. The highest BCUT2D eigenvalue weighted by atomic mass is 32.1. The van der Waals surface area contributed by atoms with Gasteiger partial charge in [0.1, 0.15) is 0 Å². The molecule has 20 heavy (non-hydrogen) atoms. The number of nitrogens with zero attached hydrogens (tertiary/aromatic N) is 3. The van der Waals surface area contributed by atoms with Gasteiger partial charge in [0.25, 0.3) is 0 Å². The van der Waals surface area contributed by atoms with E-state index in [1.165, 1.54) is 12.8 Å². The number of aryl methyl sites for hydroxylation is 1. The van der Waals surface area contributed by atoms with Gasteiger partial charge in [0.15, 0.2) is 5.13 Å². The minimum absolute atomic E-state index is 0.155. The normalized spacial score (nSPS) is 17.3. The molecule has 2 heterocycles. The third kappa shape index (κ3) is 3.93. The fraction of sp³-hybridized carbons (Fsp3) is 0.714. The Hall–Kier alpha value is -1.14. The maximum absolute atomic E-state index is 10.6. The van der Waals surface area contributed by atoms with E-state index in [1.807, 2.05) is 5.38 Å². The van der Waals surface area contributed by atoms with Gasteiger partial charge < -0.3 is 14.9 Å². The van der Waals surface area contributed by atoms with Crippen molar-refractivity contribution in [2.45, 2.75) is 38.6 Å². The highest BCUT2D eigenvalue weighted by molar-refractivity contribution is 7.13. The number of hydrogen-bond acceptors (Lipinski definition) is 5. The smallest absolute Gasteiger partial charge is 0.303 e. The van der Waals surface area contributed by atoms with E-state index in [2.05, 4.69) is 28.8 Å². The van der Waals surface area contributed by atoms with Gasteiger partial charge in [-0.2, -0.15) is 0 Å². The number of rotatable bonds is 6. The summed E-state index contributed by atoms with van der Waals surface area (Å²) in [6.45, 7) is 5.65. The van der Waals surface area contributed by atoms with E-state index in [-0.39, 0.29) is 6.42 Å². The number of carbonyl (C=O) groups is 1. The third-order valence-corrected chi connectivity index (χ3v) is 4.97. The van der Waals surface area contributed by atoms with Crippen LogP contribution in [0.3, 0.4) is 0 Å². The summed E-state index contributed by atoms with van der Waals surface area (Å²) >= 11 is 1.62. The lowest BCUT2D eigenvalue weighted by atomic mass is 10.0. The average molecular weight is 297 g/mol. The second kappa shape index (κ2) is 7.04. The van der Waals surface area contributed by atoms with Crippen molar-refractivity contribution in [1.29, 1.82) is 0 Å². The first-order valence-electron chi connectivity index (χ1n) is 7.21. The van der Waals surface area contributed by atoms with Gasteiger partial charge in [-0.15, -0.1) is 11.3 Å². The summed E-state index contributed by atoms with van der Waals surface area (Å²) in [5.74, 6) is -0.764. The largest absolute Gasteiger partial charge is 0.481 e. The Balaban J connectivity index is 1.89. The zero-order valence-electron chi connectivity index (χ0n) is 12.2. The van der Waals surface area contributed by atoms with Crippen LogP contribution in [0.5, 0.6) is 0 Å². The fourth-order valence-electron chi connectivity index (χ4n) is 2.59. The Morgan fingerprint density at radius 3 is 2.85 bits per heavy atom. The summed E-state index contributed by atoms with van der Waals surface area (Å²) < 4.78 is 0. The zero-order valence-corrected chi connectivity index (χ0v) is 13.0. The van der Waals surface area contributed by atoms with Crippen LogP contribution >= 0.6 is 11.3 Å². The predicted octanol–water partition coefficient (Wildman–Crippen LogP) is 2.08. The summed E-state index contributed by atoms with van der Waals surface area (Å²) in [5.41, 5.74) is 0.894. The number of likely N-dealkylation sites (tertiary alicyclic amines) is 1. The molecule has 0 radical (unpaired) electrons. The van der Waals surface area contributed by atoms with Gasteiger partial charge in [0.05, 0.1) is 12.1 Å². The Labute approximate surface area is 124 Å². The van der Waals surface area contributed by atoms with Crippen LogP contribution in [0.1, 0.15) is 31.9 Å². The van der Waals surface area contributed by atoms with Crippen molar-refractivity contribution in [3.8, 4) is 0 Å². The van der Waals surface area contributed by atoms with Crippen LogP contribution in [-0.4, -0.2) is 53.7 Å². The van der Waals surface area contributed by atoms with Gasteiger partial charge in [-0.1, -0.05) is 6.92 Å². The van der Waals surface area contributed by atoms with Gasteiger partial charge in [0.2, 0.25) is 0 Å². The molecule has 0 aliphatic carbocycles. The molecule has 2 rings (SSSR count). The maximum atomic E-state index is 10.6. The predicted molar refractivity (Wildman–Crippen MR) is 81.6 cm³/mol. The van der Waals surface area contributed by atoms with Crippen LogP contribution < -0.4 is 4.90 Å². The number of aromatic nitrogens is 1. The van der Waals surface area contributed by atoms with E-state index in [4.69, 9.17) is 5.11 Å². The lowest BCUT2D eigenvalue weighted by molar-refractivity contribution is -0.136. The minimum atomic E-state index is -0.764. The van der Waals surface area contributed by atoms with E-state index >= 15 is 0 Å². The number of hydrogen-bond donors (Lipinski definition) is 1. The lowest BCUT2D eigenvalue weighted by Crippen LogP contribution is -2.43. The summed E-state index contributed by atoms with van der Waals surface area (Å²) in [6, 6.07) is 0.552. The van der Waals surface area contributed by atoms with E-state index in [9.17, 15) is 4.79 Å². The summed E-state index contributed by atoms with van der Waals surface area (Å²) in [6.07, 6.45) is 3.03. The number of piperidine rings is 1. The van der Waals surface area contributed by atoms with Crippen LogP contribution in [0, 0.1) is 0 Å². The molecule has 1 aromatic rings. The molecule has 1 aliphatic heterocycles. The van der Waals surface area contributed by atoms with Crippen molar-refractivity contribution in [3.63, 3.8) is 0 Å². The van der Waals surface area contributed by atoms with Gasteiger partial charge in [0, 0.05) is 38.0 Å². The molecule has 1 aliphatic rings. The SMILES string of the molecule is CCN1CCC(N(C)c2nc(CCC(=O)O)cs2)CC1. The molecule has 0 spiro atoms. The molecular formula is C14H23N3O2S. The number of thiazole rings is 1. The number of carboxylic acid groups (broad SMARTS) is 1. The standard InChI is InChI=1S/C14H23N3O2S/c1-3-17-8-6-12(7-9-17)16(2)14-15-11(10-20-14)4-5-13(18)19/h10,12H,3-9H2,1-2H3,(H,18,19). The molecular weight excluding hydrogens is 274 g/mol. The fourth-order valence-corrected chi connectivity index (χ4v) is 3.48. The number of aliphatic carboxylic acids is 1. The second-order valence-corrected chi connectivity index (χ2v) is 6.13. The molecule has 1 aromatic heterocycles. The molecule has 0 bridgehead atoms. The summed E-state index contributed by atoms with van der Waals surface area (Å²) in [7, 11) is 2.10. The minimum Gasteiger partial charge on any atom is -0.481 e. The van der Waals surface area contributed by atoms with Gasteiger partial charge in [-0.25, -0.2) is 4.98 Å². The van der Waals surface area contributed by atoms with E-state index in [0.717, 1.165) is 30.5 Å². The Kier molecular flexibility index (Phi) is 5.37. The van der Waals surface area contributed by atoms with E-state index in [1.54, 1.807) is 11.3 Å². The molecule has 1 saturated heterocycles. The Morgan fingerprint density at radius 1 is 1.55 bits per heavy atom. The van der Waals surface area contributed by atoms with Crippen LogP contribution in [0.25, 0.3) is 0 Å². The molecule has 1 N–H and O–H groups in total. The summed E-state index contributed by atoms with van der Waals surface area (Å²) in [4.78, 5) is 19.9. The van der Waals surface area contributed by atoms with Crippen LogP contribution in [0.4, 0.5) is 5.13 Å². The molecule has 0 aromatic carbocycles. The number of carboxylic acids is 1. The molecule has 0 unspecified atom stereocenters. The highest BCUT2D eigenvalue weighted by Crippen LogP contribution is 2.25. The van der Waals surface area contributed by atoms with Crippen molar-refractivity contribution < 1.29 is 9.90 Å². The topological polar surface area (TPSA) is 56.7 Å². The highest BCUT2D eigenvalue weighted by Gasteiger charge is 2.23. The first-order valence-corrected chi connectivity index (χ1v) is 8.09. The zero-order chi connectivity index (χ0) is 14.5. The third-order valence-electron chi connectivity index (χ3n) is 3.99. The van der Waals surface area contributed by atoms with Crippen LogP contribution in [0.2, 0.25) is 0 Å². The molecule has 1 fully saturated rings. The second-order valence-electron chi connectivity index (χ2n) is 5.29. The van der Waals surface area contributed by atoms with E-state index < -0.39 is 5.97 Å². The molecule has 112 valence electrons. The Morgan fingerprint density at radius 2 is 2.25 bits per heavy atom. The average Bonchev–Trinajstić information content (AvgIpc) is 2.93. The first-order chi connectivity index (χ1) is 9.60. The molecule has 0 amide bonds. The summed E-state index contributed by atoms with van der Waals surface area (Å²) in [5, 5.41) is 11.7. The first kappa shape index (κ1) is 15.3. The maximum Gasteiger partial charge on any atom is 0.303 e. The molecule has 5 nitrogen and oxygen atoms in total. The lowest BCUT2D eigenvalue weighted by Gasteiger charge is -2.36. The van der Waals surface area contributed by atoms with Crippen molar-refractivity contribution in [2.75, 3.05) is 31.6 Å². The monoisotopic (exact) mass is 297 g/mol. The van der Waals surface area contributed by atoms with E-state index in [0.29, 0.717) is 12.5 Å². The molecule has 0 saturated carbocycles. The van der Waals surface area contributed by atoms with Crippen molar-refractivity contribution >= 4 is 22.4 Å². The van der Waals surface area contributed by atoms with Gasteiger partial charge >= 0.3 is 5.97 Å². The van der Waals surface area contributed by atoms with Crippen LogP contribution in [0.15, 0.2) is 5.38 Å².